The first-order valence-electron chi connectivity index (χ1n) is 5.97. The van der Waals surface area contributed by atoms with Crippen molar-refractivity contribution in [1.82, 2.24) is 5.32 Å². The van der Waals surface area contributed by atoms with Gasteiger partial charge in [-0.15, -0.1) is 0 Å². The number of nitrogens with one attached hydrogen (secondary N) is 1. The Hall–Kier alpha value is -1.10. The summed E-state index contributed by atoms with van der Waals surface area (Å²) in [6, 6.07) is -1.55. The van der Waals surface area contributed by atoms with Crippen LogP contribution in [0.5, 0.6) is 0 Å². The van der Waals surface area contributed by atoms with Crippen LogP contribution in [0.25, 0.3) is 0 Å². The lowest BCUT2D eigenvalue weighted by molar-refractivity contribution is -0.143. The van der Waals surface area contributed by atoms with E-state index in [1.54, 1.807) is 13.8 Å². The van der Waals surface area contributed by atoms with E-state index in [0.717, 1.165) is 0 Å². The van der Waals surface area contributed by atoms with Crippen LogP contribution in [0, 0.1) is 17.8 Å². The Morgan fingerprint density at radius 1 is 1.06 bits per heavy atom. The van der Waals surface area contributed by atoms with E-state index in [9.17, 15) is 9.59 Å². The van der Waals surface area contributed by atoms with Gasteiger partial charge in [-0.05, 0) is 17.8 Å². The van der Waals surface area contributed by atoms with E-state index < -0.39 is 24.0 Å². The average molecular weight is 244 g/mol. The summed E-state index contributed by atoms with van der Waals surface area (Å²) in [5, 5.41) is 11.5. The molecule has 0 fully saturated rings. The van der Waals surface area contributed by atoms with Gasteiger partial charge in [-0.3, -0.25) is 4.79 Å². The number of amides is 1. The second-order valence-corrected chi connectivity index (χ2v) is 5.20. The number of carbonyl (C=O) groups is 2. The van der Waals surface area contributed by atoms with Crippen molar-refractivity contribution in [2.75, 3.05) is 0 Å². The van der Waals surface area contributed by atoms with Crippen molar-refractivity contribution < 1.29 is 14.7 Å². The third kappa shape index (κ3) is 4.73. The van der Waals surface area contributed by atoms with Crippen molar-refractivity contribution in [3.63, 3.8) is 0 Å². The predicted molar refractivity (Wildman–Crippen MR) is 66.4 cm³/mol. The van der Waals surface area contributed by atoms with Crippen LogP contribution < -0.4 is 11.1 Å². The lowest BCUT2D eigenvalue weighted by atomic mass is 9.90. The van der Waals surface area contributed by atoms with Crippen LogP contribution in [0.15, 0.2) is 0 Å². The monoisotopic (exact) mass is 244 g/mol. The molecule has 0 spiro atoms. The highest BCUT2D eigenvalue weighted by molar-refractivity contribution is 5.87. The Balaban J connectivity index is 4.56. The van der Waals surface area contributed by atoms with Gasteiger partial charge in [0.2, 0.25) is 5.91 Å². The quantitative estimate of drug-likeness (QED) is 0.645. The van der Waals surface area contributed by atoms with Crippen LogP contribution in [-0.4, -0.2) is 29.1 Å². The molecule has 1 amide bonds. The zero-order valence-electron chi connectivity index (χ0n) is 11.2. The molecule has 0 aromatic heterocycles. The van der Waals surface area contributed by atoms with Crippen LogP contribution in [0.4, 0.5) is 0 Å². The molecule has 3 atom stereocenters. The Kier molecular flexibility index (Phi) is 6.16. The van der Waals surface area contributed by atoms with Crippen molar-refractivity contribution in [3.05, 3.63) is 0 Å². The molecular formula is C12H24N2O3. The Morgan fingerprint density at radius 2 is 1.53 bits per heavy atom. The van der Waals surface area contributed by atoms with Crippen molar-refractivity contribution in [1.29, 1.82) is 0 Å². The van der Waals surface area contributed by atoms with Crippen molar-refractivity contribution in [3.8, 4) is 0 Å². The Labute approximate surface area is 103 Å². The summed E-state index contributed by atoms with van der Waals surface area (Å²) in [7, 11) is 0. The predicted octanol–water partition coefficient (Wildman–Crippen LogP) is 0.831. The first-order chi connectivity index (χ1) is 7.68. The van der Waals surface area contributed by atoms with Gasteiger partial charge < -0.3 is 16.2 Å². The number of carboxylic acids is 1. The van der Waals surface area contributed by atoms with Crippen LogP contribution in [0.2, 0.25) is 0 Å². The SMILES string of the molecule is CC(C)C(NC(=O)C(N)C(C)C(C)C)C(=O)O. The summed E-state index contributed by atoms with van der Waals surface area (Å²) in [4.78, 5) is 22.8. The molecule has 3 unspecified atom stereocenters. The second-order valence-electron chi connectivity index (χ2n) is 5.20. The molecule has 0 aliphatic rings. The van der Waals surface area contributed by atoms with Crippen molar-refractivity contribution in [2.45, 2.75) is 46.7 Å². The summed E-state index contributed by atoms with van der Waals surface area (Å²) < 4.78 is 0. The highest BCUT2D eigenvalue weighted by Crippen LogP contribution is 2.13. The molecule has 5 nitrogen and oxygen atoms in total. The van der Waals surface area contributed by atoms with Gasteiger partial charge in [0.05, 0.1) is 6.04 Å². The van der Waals surface area contributed by atoms with Crippen molar-refractivity contribution >= 4 is 11.9 Å². The molecule has 0 aliphatic heterocycles. The van der Waals surface area contributed by atoms with Crippen LogP contribution >= 0.6 is 0 Å². The third-order valence-corrected chi connectivity index (χ3v) is 3.15. The summed E-state index contributed by atoms with van der Waals surface area (Å²) in [5.41, 5.74) is 5.81. The largest absolute Gasteiger partial charge is 0.480 e. The fourth-order valence-electron chi connectivity index (χ4n) is 1.42. The molecule has 0 bridgehead atoms. The number of hydrogen-bond acceptors (Lipinski definition) is 3. The third-order valence-electron chi connectivity index (χ3n) is 3.15. The topological polar surface area (TPSA) is 92.4 Å². The molecule has 0 aliphatic carbocycles. The molecule has 0 saturated heterocycles. The van der Waals surface area contributed by atoms with Gasteiger partial charge in [-0.2, -0.15) is 0 Å². The minimum Gasteiger partial charge on any atom is -0.480 e. The highest BCUT2D eigenvalue weighted by Gasteiger charge is 2.29. The van der Waals surface area contributed by atoms with Crippen LogP contribution in [-0.2, 0) is 9.59 Å². The lowest BCUT2D eigenvalue weighted by Crippen LogP contribution is -2.53. The average Bonchev–Trinajstić information content (AvgIpc) is 2.22. The summed E-state index contributed by atoms with van der Waals surface area (Å²) in [5.74, 6) is -1.31. The maximum Gasteiger partial charge on any atom is 0.326 e. The molecule has 0 aromatic rings. The minimum atomic E-state index is -1.03. The zero-order chi connectivity index (χ0) is 13.7. The zero-order valence-corrected chi connectivity index (χ0v) is 11.2. The number of carboxylic acid groups (broad SMARTS) is 1. The number of nitrogens with two attached hydrogens (primary N) is 1. The van der Waals surface area contributed by atoms with Gasteiger partial charge in [-0.25, -0.2) is 4.79 Å². The van der Waals surface area contributed by atoms with E-state index in [1.165, 1.54) is 0 Å². The molecule has 100 valence electrons. The second kappa shape index (κ2) is 6.59. The molecule has 17 heavy (non-hydrogen) atoms. The molecule has 0 aromatic carbocycles. The van der Waals surface area contributed by atoms with E-state index in [1.807, 2.05) is 20.8 Å². The van der Waals surface area contributed by atoms with Crippen LogP contribution in [0.3, 0.4) is 0 Å². The molecule has 4 N–H and O–H groups in total. The molecule has 5 heteroatoms. The number of aliphatic carboxylic acids is 1. The molecule has 0 heterocycles. The van der Waals surface area contributed by atoms with Crippen molar-refractivity contribution in [2.24, 2.45) is 23.5 Å². The standard InChI is InChI=1S/C12H24N2O3/c1-6(2)8(5)9(13)11(15)14-10(7(3)4)12(16)17/h6-10H,13H2,1-5H3,(H,14,15)(H,16,17). The van der Waals surface area contributed by atoms with Gasteiger partial charge in [-0.1, -0.05) is 34.6 Å². The van der Waals surface area contributed by atoms with E-state index in [-0.39, 0.29) is 17.8 Å². The molecule has 0 rings (SSSR count). The van der Waals surface area contributed by atoms with Gasteiger partial charge in [0, 0.05) is 0 Å². The Bertz CT molecular complexity index is 277. The first-order valence-corrected chi connectivity index (χ1v) is 5.97. The first kappa shape index (κ1) is 15.9. The lowest BCUT2D eigenvalue weighted by Gasteiger charge is -2.25. The van der Waals surface area contributed by atoms with E-state index in [2.05, 4.69) is 5.32 Å². The maximum absolute atomic E-state index is 11.8. The fourth-order valence-corrected chi connectivity index (χ4v) is 1.42. The number of rotatable bonds is 6. The fraction of sp³-hybridized carbons (Fsp3) is 0.833. The Morgan fingerprint density at radius 3 is 1.82 bits per heavy atom. The summed E-state index contributed by atoms with van der Waals surface area (Å²) in [6.45, 7) is 9.34. The van der Waals surface area contributed by atoms with Gasteiger partial charge in [0.25, 0.3) is 0 Å². The van der Waals surface area contributed by atoms with Crippen LogP contribution in [0.1, 0.15) is 34.6 Å². The summed E-state index contributed by atoms with van der Waals surface area (Å²) in [6.07, 6.45) is 0. The molecular weight excluding hydrogens is 220 g/mol. The molecule has 0 saturated carbocycles. The van der Waals surface area contributed by atoms with E-state index in [4.69, 9.17) is 10.8 Å². The van der Waals surface area contributed by atoms with Gasteiger partial charge in [0.15, 0.2) is 0 Å². The normalized spacial score (nSPS) is 16.7. The summed E-state index contributed by atoms with van der Waals surface area (Å²) >= 11 is 0. The number of carbonyl (C=O) groups excluding carboxylic acids is 1. The van der Waals surface area contributed by atoms with Gasteiger partial charge in [0.1, 0.15) is 6.04 Å². The minimum absolute atomic E-state index is 0.0107. The molecule has 0 radical (unpaired) electrons. The van der Waals surface area contributed by atoms with Gasteiger partial charge >= 0.3 is 5.97 Å². The van der Waals surface area contributed by atoms with E-state index in [0.29, 0.717) is 0 Å². The number of hydrogen-bond donors (Lipinski definition) is 3. The smallest absolute Gasteiger partial charge is 0.326 e. The van der Waals surface area contributed by atoms with E-state index >= 15 is 0 Å². The maximum atomic E-state index is 11.8. The highest BCUT2D eigenvalue weighted by atomic mass is 16.4.